The molecule has 0 fully saturated rings. The highest BCUT2D eigenvalue weighted by atomic mass is 28.4. The molecule has 4 nitrogen and oxygen atoms in total. The number of benzene rings is 3. The maximum atomic E-state index is 10.7. The maximum absolute atomic E-state index is 10.7. The molecule has 1 aliphatic carbocycles. The van der Waals surface area contributed by atoms with Gasteiger partial charge in [0.1, 0.15) is 11.9 Å². The van der Waals surface area contributed by atoms with E-state index in [0.29, 0.717) is 19.6 Å². The Morgan fingerprint density at radius 1 is 0.829 bits per heavy atom. The van der Waals surface area contributed by atoms with Crippen molar-refractivity contribution in [3.05, 3.63) is 102 Å². The molecular weight excluding hydrogens is 452 g/mol. The van der Waals surface area contributed by atoms with E-state index in [1.807, 2.05) is 30.3 Å². The van der Waals surface area contributed by atoms with Gasteiger partial charge in [0.15, 0.2) is 0 Å². The molecule has 0 amide bonds. The molecule has 3 aromatic rings. The Kier molecular flexibility index (Phi) is 7.92. The van der Waals surface area contributed by atoms with Crippen molar-refractivity contribution in [2.45, 2.75) is 51.0 Å². The molecule has 0 radical (unpaired) electrons. The summed E-state index contributed by atoms with van der Waals surface area (Å²) in [6.45, 7) is 7.74. The van der Waals surface area contributed by atoms with Crippen LogP contribution in [-0.4, -0.2) is 39.3 Å². The molecule has 0 aromatic heterocycles. The molecule has 0 saturated carbocycles. The van der Waals surface area contributed by atoms with Crippen molar-refractivity contribution in [1.82, 2.24) is 0 Å². The minimum absolute atomic E-state index is 0.0856. The lowest BCUT2D eigenvalue weighted by atomic mass is 10.2. The molecule has 2 atom stereocenters. The minimum Gasteiger partial charge on any atom is -0.497 e. The predicted molar refractivity (Wildman–Crippen MR) is 144 cm³/mol. The summed E-state index contributed by atoms with van der Waals surface area (Å²) in [6, 6.07) is 29.1. The Morgan fingerprint density at radius 2 is 1.40 bits per heavy atom. The van der Waals surface area contributed by atoms with Crippen LogP contribution < -0.4 is 15.1 Å². The van der Waals surface area contributed by atoms with Crippen LogP contribution in [0.1, 0.15) is 32.8 Å². The zero-order chi connectivity index (χ0) is 24.9. The molecule has 0 saturated heterocycles. The van der Waals surface area contributed by atoms with Gasteiger partial charge in [0, 0.05) is 0 Å². The number of methoxy groups -OCH3 is 1. The molecule has 0 bridgehead atoms. The smallest absolute Gasteiger partial charge is 0.261 e. The van der Waals surface area contributed by atoms with Crippen molar-refractivity contribution in [1.29, 1.82) is 0 Å². The zero-order valence-electron chi connectivity index (χ0n) is 21.1. The normalized spacial score (nSPS) is 18.4. The quantitative estimate of drug-likeness (QED) is 0.346. The molecule has 0 heterocycles. The third kappa shape index (κ3) is 5.59. The highest BCUT2D eigenvalue weighted by Gasteiger charge is 2.50. The van der Waals surface area contributed by atoms with Crippen molar-refractivity contribution in [3.8, 4) is 5.75 Å². The Labute approximate surface area is 210 Å². The van der Waals surface area contributed by atoms with E-state index in [1.54, 1.807) is 7.11 Å². The second-order valence-electron chi connectivity index (χ2n) is 10.2. The van der Waals surface area contributed by atoms with Gasteiger partial charge < -0.3 is 19.0 Å². The van der Waals surface area contributed by atoms with Crippen LogP contribution in [0, 0.1) is 0 Å². The van der Waals surface area contributed by atoms with Crippen LogP contribution in [0.3, 0.4) is 0 Å². The summed E-state index contributed by atoms with van der Waals surface area (Å²) < 4.78 is 18.3. The molecule has 0 spiro atoms. The molecule has 1 N–H and O–H groups in total. The van der Waals surface area contributed by atoms with Crippen LogP contribution >= 0.6 is 0 Å². The topological polar surface area (TPSA) is 47.9 Å². The van der Waals surface area contributed by atoms with Crippen molar-refractivity contribution in [3.63, 3.8) is 0 Å². The fourth-order valence-corrected chi connectivity index (χ4v) is 9.50. The van der Waals surface area contributed by atoms with Crippen molar-refractivity contribution in [2.24, 2.45) is 0 Å². The second kappa shape index (κ2) is 10.9. The second-order valence-corrected chi connectivity index (χ2v) is 14.5. The van der Waals surface area contributed by atoms with E-state index in [1.165, 1.54) is 10.4 Å². The highest BCUT2D eigenvalue weighted by Crippen LogP contribution is 2.37. The van der Waals surface area contributed by atoms with Gasteiger partial charge in [-0.2, -0.15) is 0 Å². The lowest BCUT2D eigenvalue weighted by molar-refractivity contribution is -0.00948. The molecule has 1 aliphatic rings. The van der Waals surface area contributed by atoms with Gasteiger partial charge in [0.05, 0.1) is 26.4 Å². The van der Waals surface area contributed by atoms with Gasteiger partial charge in [0.2, 0.25) is 0 Å². The first-order chi connectivity index (χ1) is 16.8. The van der Waals surface area contributed by atoms with Gasteiger partial charge in [-0.3, -0.25) is 0 Å². The van der Waals surface area contributed by atoms with Gasteiger partial charge in [-0.25, -0.2) is 0 Å². The summed E-state index contributed by atoms with van der Waals surface area (Å²) in [7, 11) is -0.962. The first-order valence-electron chi connectivity index (χ1n) is 12.2. The SMILES string of the molecule is COc1ccc(CO[C@@H]2C=C(CO[Si](c3ccccc3)(c3ccccc3)C(C)(C)C)CC2O)cc1. The van der Waals surface area contributed by atoms with Crippen molar-refractivity contribution in [2.75, 3.05) is 13.7 Å². The van der Waals surface area contributed by atoms with Crippen LogP contribution in [0.25, 0.3) is 0 Å². The van der Waals surface area contributed by atoms with Crippen LogP contribution in [0.15, 0.2) is 96.6 Å². The zero-order valence-corrected chi connectivity index (χ0v) is 22.1. The molecule has 0 aliphatic heterocycles. The molecule has 3 aromatic carbocycles. The van der Waals surface area contributed by atoms with Crippen LogP contribution in [0.2, 0.25) is 5.04 Å². The minimum atomic E-state index is -2.62. The summed E-state index contributed by atoms with van der Waals surface area (Å²) in [5, 5.41) is 13.1. The van der Waals surface area contributed by atoms with E-state index < -0.39 is 14.4 Å². The van der Waals surface area contributed by atoms with Gasteiger partial charge >= 0.3 is 0 Å². The maximum Gasteiger partial charge on any atom is 0.261 e. The third-order valence-electron chi connectivity index (χ3n) is 6.74. The molecular formula is C30H36O4Si. The Morgan fingerprint density at radius 3 is 1.91 bits per heavy atom. The summed E-state index contributed by atoms with van der Waals surface area (Å²) in [4.78, 5) is 0. The average molecular weight is 489 g/mol. The lowest BCUT2D eigenvalue weighted by Gasteiger charge is -2.43. The Balaban J connectivity index is 1.53. The first-order valence-corrected chi connectivity index (χ1v) is 14.1. The van der Waals surface area contributed by atoms with E-state index in [2.05, 4.69) is 81.4 Å². The Bertz CT molecular complexity index is 1070. The molecule has 5 heteroatoms. The molecule has 184 valence electrons. The van der Waals surface area contributed by atoms with Crippen molar-refractivity contribution < 1.29 is 19.0 Å². The summed E-state index contributed by atoms with van der Waals surface area (Å²) >= 11 is 0. The van der Waals surface area contributed by atoms with E-state index in [0.717, 1.165) is 16.9 Å². The van der Waals surface area contributed by atoms with Crippen LogP contribution in [0.5, 0.6) is 5.75 Å². The van der Waals surface area contributed by atoms with Gasteiger partial charge in [-0.1, -0.05) is 99.6 Å². The number of ether oxygens (including phenoxy) is 2. The third-order valence-corrected chi connectivity index (χ3v) is 11.7. The lowest BCUT2D eigenvalue weighted by Crippen LogP contribution is -2.66. The van der Waals surface area contributed by atoms with Crippen molar-refractivity contribution >= 4 is 18.7 Å². The highest BCUT2D eigenvalue weighted by molar-refractivity contribution is 6.99. The molecule has 4 rings (SSSR count). The summed E-state index contributed by atoms with van der Waals surface area (Å²) in [5.74, 6) is 0.817. The number of aliphatic hydroxyl groups excluding tert-OH is 1. The summed E-state index contributed by atoms with van der Waals surface area (Å²) in [6.07, 6.45) is 1.71. The average Bonchev–Trinajstić information content (AvgIpc) is 3.23. The number of rotatable bonds is 9. The van der Waals surface area contributed by atoms with Crippen LogP contribution in [0.4, 0.5) is 0 Å². The van der Waals surface area contributed by atoms with E-state index in [-0.39, 0.29) is 11.1 Å². The van der Waals surface area contributed by atoms with Gasteiger partial charge in [-0.05, 0) is 45.1 Å². The first kappa shape index (κ1) is 25.4. The fourth-order valence-electron chi connectivity index (χ4n) is 4.94. The number of hydrogen-bond donors (Lipinski definition) is 1. The number of hydrogen-bond acceptors (Lipinski definition) is 4. The fraction of sp³-hybridized carbons (Fsp3) is 0.333. The van der Waals surface area contributed by atoms with E-state index in [4.69, 9.17) is 13.9 Å². The molecule has 1 unspecified atom stereocenters. The monoisotopic (exact) mass is 488 g/mol. The predicted octanol–water partition coefficient (Wildman–Crippen LogP) is 4.85. The van der Waals surface area contributed by atoms with E-state index in [9.17, 15) is 5.11 Å². The van der Waals surface area contributed by atoms with E-state index >= 15 is 0 Å². The number of aliphatic hydroxyl groups is 1. The molecule has 35 heavy (non-hydrogen) atoms. The summed E-state index contributed by atoms with van der Waals surface area (Å²) in [5.41, 5.74) is 2.13. The Hall–Kier alpha value is -2.70. The largest absolute Gasteiger partial charge is 0.497 e. The van der Waals surface area contributed by atoms with Gasteiger partial charge in [-0.15, -0.1) is 0 Å². The van der Waals surface area contributed by atoms with Crippen LogP contribution in [-0.2, 0) is 15.8 Å². The van der Waals surface area contributed by atoms with Gasteiger partial charge in [0.25, 0.3) is 8.32 Å². The standard InChI is InChI=1S/C30H36O4Si/c1-30(2,3)35(26-11-7-5-8-12-26,27-13-9-6-10-14-27)34-22-24-19-28(31)29(20-24)33-21-23-15-17-25(32-4)18-16-23/h5-18,20,28-29,31H,19,21-22H2,1-4H3/t28?,29-/m1/s1.